The number of halogens is 1. The fourth-order valence-electron chi connectivity index (χ4n) is 9.43. The average Bonchev–Trinajstić information content (AvgIpc) is 3.74. The number of piperazine rings is 1. The number of anilines is 1. The first-order valence-electron chi connectivity index (χ1n) is 20.0. The Morgan fingerprint density at radius 2 is 1.60 bits per heavy atom. The van der Waals surface area contributed by atoms with E-state index in [2.05, 4.69) is 38.2 Å². The summed E-state index contributed by atoms with van der Waals surface area (Å²) in [6.45, 7) is 7.33. The van der Waals surface area contributed by atoms with Gasteiger partial charge in [0.15, 0.2) is 0 Å². The van der Waals surface area contributed by atoms with Crippen LogP contribution in [0.25, 0.3) is 0 Å². The van der Waals surface area contributed by atoms with Crippen LogP contribution in [0.5, 0.6) is 5.75 Å². The van der Waals surface area contributed by atoms with Gasteiger partial charge in [-0.05, 0) is 85.7 Å². The minimum absolute atomic E-state index is 0.0880. The number of nitrogens with one attached hydrogen (secondary N) is 1. The molecule has 3 saturated heterocycles. The van der Waals surface area contributed by atoms with Gasteiger partial charge in [-0.15, -0.1) is 0 Å². The highest BCUT2D eigenvalue weighted by atomic mass is 35.5. The monoisotopic (exact) mass is 789 g/mol. The molecule has 5 heterocycles. The molecular weight excluding hydrogens is 746 g/mol. The van der Waals surface area contributed by atoms with E-state index >= 15 is 0 Å². The molecule has 6 aliphatic rings. The van der Waals surface area contributed by atoms with Gasteiger partial charge >= 0.3 is 0 Å². The summed E-state index contributed by atoms with van der Waals surface area (Å²) in [5.41, 5.74) is 5.19. The summed E-state index contributed by atoms with van der Waals surface area (Å²) in [6.07, 6.45) is 4.35. The third-order valence-electron chi connectivity index (χ3n) is 12.6. The lowest BCUT2D eigenvalue weighted by atomic mass is 9.92. The average molecular weight is 790 g/mol. The van der Waals surface area contributed by atoms with Gasteiger partial charge in [0, 0.05) is 94.6 Å². The Balaban J connectivity index is 0.718. The minimum Gasteiger partial charge on any atom is -0.490 e. The number of ether oxygens (including phenoxy) is 1. The van der Waals surface area contributed by atoms with Crippen molar-refractivity contribution in [3.05, 3.63) is 93.0 Å². The summed E-state index contributed by atoms with van der Waals surface area (Å²) in [5, 5.41) is 11.8. The standard InChI is InChI=1S/C43H44ClN7O6/c44-37-19-34(7-3-28(37)20-45)57-33-8-4-31(5-9-33)50-24-29-2-1-27(17-30(29)25-50)41(54)48-15-13-47(14-16-48)21-26-22-49(23-26)32-6-10-35-36(18-32)43(56)51(42(35)55)38-11-12-39(52)46-40(38)53/h1-3,6-7,10,17-19,26,31,33,38H,4-5,8-9,11-16,21-25H2,(H,46,52,53)/t31-,33-,38?. The number of nitrogens with zero attached hydrogens (tertiary/aromatic N) is 6. The molecule has 5 aliphatic heterocycles. The first kappa shape index (κ1) is 37.3. The number of carbonyl (C=O) groups is 5. The summed E-state index contributed by atoms with van der Waals surface area (Å²) in [7, 11) is 0. The molecule has 14 heteroatoms. The zero-order chi connectivity index (χ0) is 39.4. The number of benzene rings is 3. The fourth-order valence-corrected chi connectivity index (χ4v) is 9.64. The van der Waals surface area contributed by atoms with Crippen molar-refractivity contribution in [1.29, 1.82) is 5.26 Å². The summed E-state index contributed by atoms with van der Waals surface area (Å²) >= 11 is 6.20. The zero-order valence-electron chi connectivity index (χ0n) is 31.6. The van der Waals surface area contributed by atoms with Crippen LogP contribution in [0.15, 0.2) is 54.6 Å². The normalized spacial score (nSPS) is 24.2. The number of imide groups is 2. The highest BCUT2D eigenvalue weighted by molar-refractivity contribution is 6.31. The van der Waals surface area contributed by atoms with Crippen molar-refractivity contribution >= 4 is 46.8 Å². The van der Waals surface area contributed by atoms with Crippen LogP contribution in [-0.2, 0) is 22.7 Å². The van der Waals surface area contributed by atoms with E-state index in [4.69, 9.17) is 21.6 Å². The largest absolute Gasteiger partial charge is 0.490 e. The Labute approximate surface area is 336 Å². The molecule has 57 heavy (non-hydrogen) atoms. The number of nitriles is 1. The molecule has 0 aromatic heterocycles. The molecule has 4 fully saturated rings. The van der Waals surface area contributed by atoms with Crippen molar-refractivity contribution in [1.82, 2.24) is 24.9 Å². The molecule has 0 spiro atoms. The summed E-state index contributed by atoms with van der Waals surface area (Å²) in [5.74, 6) is -0.757. The van der Waals surface area contributed by atoms with E-state index in [0.717, 1.165) is 87.6 Å². The van der Waals surface area contributed by atoms with Gasteiger partial charge in [-0.2, -0.15) is 5.26 Å². The number of piperidine rings is 1. The number of hydrogen-bond acceptors (Lipinski definition) is 10. The number of hydrogen-bond donors (Lipinski definition) is 1. The summed E-state index contributed by atoms with van der Waals surface area (Å²) < 4.78 is 6.21. The van der Waals surface area contributed by atoms with Crippen LogP contribution in [0.4, 0.5) is 5.69 Å². The van der Waals surface area contributed by atoms with Crippen LogP contribution in [0.1, 0.15) is 86.3 Å². The maximum Gasteiger partial charge on any atom is 0.262 e. The molecule has 1 atom stereocenters. The maximum absolute atomic E-state index is 13.7. The number of amides is 5. The van der Waals surface area contributed by atoms with Gasteiger partial charge in [0.25, 0.3) is 17.7 Å². The molecule has 5 amide bonds. The smallest absolute Gasteiger partial charge is 0.262 e. The molecule has 0 radical (unpaired) electrons. The van der Waals surface area contributed by atoms with Crippen molar-refractivity contribution in [2.45, 2.75) is 69.8 Å². The molecule has 3 aromatic carbocycles. The van der Waals surface area contributed by atoms with Crippen LogP contribution in [0, 0.1) is 17.2 Å². The molecule has 294 valence electrons. The van der Waals surface area contributed by atoms with E-state index in [1.807, 2.05) is 23.1 Å². The van der Waals surface area contributed by atoms with Gasteiger partial charge in [0.2, 0.25) is 11.8 Å². The van der Waals surface area contributed by atoms with E-state index < -0.39 is 29.7 Å². The number of rotatable bonds is 8. The van der Waals surface area contributed by atoms with Gasteiger partial charge in [0.05, 0.1) is 27.8 Å². The van der Waals surface area contributed by atoms with Crippen molar-refractivity contribution in [2.24, 2.45) is 5.92 Å². The third kappa shape index (κ3) is 7.26. The molecule has 3 aromatic rings. The second-order valence-electron chi connectivity index (χ2n) is 16.2. The second kappa shape index (κ2) is 15.2. The van der Waals surface area contributed by atoms with E-state index in [0.29, 0.717) is 46.9 Å². The first-order chi connectivity index (χ1) is 27.6. The molecule has 1 saturated carbocycles. The van der Waals surface area contributed by atoms with E-state index in [1.165, 1.54) is 11.1 Å². The topological polar surface area (TPSA) is 147 Å². The Morgan fingerprint density at radius 3 is 2.33 bits per heavy atom. The molecular formula is C43H44ClN7O6. The van der Waals surface area contributed by atoms with Gasteiger partial charge in [0.1, 0.15) is 17.9 Å². The first-order valence-corrected chi connectivity index (χ1v) is 20.3. The minimum atomic E-state index is -0.977. The van der Waals surface area contributed by atoms with Crippen LogP contribution < -0.4 is 15.0 Å². The van der Waals surface area contributed by atoms with E-state index in [1.54, 1.807) is 24.3 Å². The predicted molar refractivity (Wildman–Crippen MR) is 210 cm³/mol. The van der Waals surface area contributed by atoms with Gasteiger partial charge in [-0.25, -0.2) is 0 Å². The SMILES string of the molecule is N#Cc1ccc(O[C@H]2CC[C@H](N3Cc4ccc(C(=O)N5CCN(CC6CN(c7ccc8c(c7)C(=O)N(C7CCC(=O)NC7=O)C8=O)C6)CC5)cc4C3)CC2)cc1Cl. The zero-order valence-corrected chi connectivity index (χ0v) is 32.4. The molecule has 0 bridgehead atoms. The maximum atomic E-state index is 13.7. The molecule has 1 N–H and O–H groups in total. The van der Waals surface area contributed by atoms with Crippen molar-refractivity contribution < 1.29 is 28.7 Å². The Kier molecular flexibility index (Phi) is 9.96. The van der Waals surface area contributed by atoms with Crippen LogP contribution in [0.2, 0.25) is 5.02 Å². The van der Waals surface area contributed by atoms with E-state index in [-0.39, 0.29) is 30.4 Å². The van der Waals surface area contributed by atoms with Crippen LogP contribution >= 0.6 is 11.6 Å². The van der Waals surface area contributed by atoms with Gasteiger partial charge in [-0.3, -0.25) is 44.0 Å². The van der Waals surface area contributed by atoms with Crippen molar-refractivity contribution in [2.75, 3.05) is 50.7 Å². The van der Waals surface area contributed by atoms with Crippen LogP contribution in [0.3, 0.4) is 0 Å². The third-order valence-corrected chi connectivity index (χ3v) is 13.0. The Hall–Kier alpha value is -5.29. The Morgan fingerprint density at radius 1 is 0.842 bits per heavy atom. The van der Waals surface area contributed by atoms with Crippen molar-refractivity contribution in [3.63, 3.8) is 0 Å². The summed E-state index contributed by atoms with van der Waals surface area (Å²) in [6, 6.07) is 18.3. The van der Waals surface area contributed by atoms with Crippen molar-refractivity contribution in [3.8, 4) is 11.8 Å². The summed E-state index contributed by atoms with van der Waals surface area (Å²) in [4.78, 5) is 74.2. The number of carbonyl (C=O) groups excluding carboxylic acids is 5. The van der Waals surface area contributed by atoms with Crippen LogP contribution in [-0.4, -0.2) is 113 Å². The lowest BCUT2D eigenvalue weighted by Crippen LogP contribution is -2.55. The van der Waals surface area contributed by atoms with Gasteiger partial charge < -0.3 is 14.5 Å². The van der Waals surface area contributed by atoms with Gasteiger partial charge in [-0.1, -0.05) is 17.7 Å². The molecule has 13 nitrogen and oxygen atoms in total. The highest BCUT2D eigenvalue weighted by Crippen LogP contribution is 2.35. The second-order valence-corrected chi connectivity index (χ2v) is 16.6. The Bertz CT molecular complexity index is 2200. The quantitative estimate of drug-likeness (QED) is 0.330. The molecule has 1 aliphatic carbocycles. The highest BCUT2D eigenvalue weighted by Gasteiger charge is 2.45. The lowest BCUT2D eigenvalue weighted by Gasteiger charge is -2.45. The van der Waals surface area contributed by atoms with E-state index in [9.17, 15) is 24.0 Å². The molecule has 9 rings (SSSR count). The number of fused-ring (bicyclic) bond motifs is 2. The predicted octanol–water partition coefficient (Wildman–Crippen LogP) is 4.21. The lowest BCUT2D eigenvalue weighted by molar-refractivity contribution is -0.136. The fraction of sp³-hybridized carbons (Fsp3) is 0.442. The molecule has 1 unspecified atom stereocenters.